The van der Waals surface area contributed by atoms with E-state index in [-0.39, 0.29) is 5.54 Å². The van der Waals surface area contributed by atoms with Gasteiger partial charge in [0.05, 0.1) is 0 Å². The molecule has 0 spiro atoms. The van der Waals surface area contributed by atoms with Crippen molar-refractivity contribution in [1.29, 1.82) is 0 Å². The van der Waals surface area contributed by atoms with E-state index in [0.717, 1.165) is 25.7 Å². The number of thiophene rings is 1. The quantitative estimate of drug-likeness (QED) is 0.819. The van der Waals surface area contributed by atoms with Crippen molar-refractivity contribution in [2.75, 3.05) is 0 Å². The molecule has 1 aromatic rings. The van der Waals surface area contributed by atoms with Crippen molar-refractivity contribution in [3.05, 3.63) is 32.9 Å². The summed E-state index contributed by atoms with van der Waals surface area (Å²) in [5.41, 5.74) is 6.34. The summed E-state index contributed by atoms with van der Waals surface area (Å²) in [7, 11) is 0. The SMILES string of the molecule is NC1(Cc2sccc2Br)CC=CCC1. The summed E-state index contributed by atoms with van der Waals surface area (Å²) < 4.78 is 1.21. The average Bonchev–Trinajstić information content (AvgIpc) is 2.52. The van der Waals surface area contributed by atoms with Gasteiger partial charge in [0, 0.05) is 21.3 Å². The van der Waals surface area contributed by atoms with Gasteiger partial charge in [-0.3, -0.25) is 0 Å². The Bertz CT molecular complexity index is 345. The van der Waals surface area contributed by atoms with E-state index in [0.29, 0.717) is 0 Å². The van der Waals surface area contributed by atoms with Crippen LogP contribution in [0.25, 0.3) is 0 Å². The predicted molar refractivity (Wildman–Crippen MR) is 65.6 cm³/mol. The summed E-state index contributed by atoms with van der Waals surface area (Å²) in [4.78, 5) is 1.38. The molecule has 1 aliphatic rings. The molecule has 0 saturated heterocycles. The van der Waals surface area contributed by atoms with E-state index in [2.05, 4.69) is 39.5 Å². The lowest BCUT2D eigenvalue weighted by molar-refractivity contribution is 0.387. The van der Waals surface area contributed by atoms with Gasteiger partial charge in [0.25, 0.3) is 0 Å². The molecular formula is C11H14BrNS. The van der Waals surface area contributed by atoms with E-state index in [4.69, 9.17) is 5.73 Å². The molecule has 1 unspecified atom stereocenters. The van der Waals surface area contributed by atoms with Crippen LogP contribution in [0.5, 0.6) is 0 Å². The maximum Gasteiger partial charge on any atom is 0.0315 e. The summed E-state index contributed by atoms with van der Waals surface area (Å²) in [5.74, 6) is 0. The smallest absolute Gasteiger partial charge is 0.0315 e. The van der Waals surface area contributed by atoms with Gasteiger partial charge in [-0.15, -0.1) is 11.3 Å². The third kappa shape index (κ3) is 2.27. The van der Waals surface area contributed by atoms with Gasteiger partial charge < -0.3 is 5.73 Å². The van der Waals surface area contributed by atoms with Crippen LogP contribution in [0.15, 0.2) is 28.1 Å². The molecule has 2 rings (SSSR count). The molecule has 0 aromatic carbocycles. The van der Waals surface area contributed by atoms with E-state index in [1.807, 2.05) is 0 Å². The van der Waals surface area contributed by atoms with E-state index in [9.17, 15) is 0 Å². The highest BCUT2D eigenvalue weighted by Gasteiger charge is 2.26. The molecule has 1 aliphatic carbocycles. The van der Waals surface area contributed by atoms with E-state index in [1.165, 1.54) is 9.35 Å². The summed E-state index contributed by atoms with van der Waals surface area (Å²) in [6.07, 6.45) is 8.68. The van der Waals surface area contributed by atoms with E-state index < -0.39 is 0 Å². The minimum atomic E-state index is -0.0118. The number of allylic oxidation sites excluding steroid dienone is 1. The van der Waals surface area contributed by atoms with Gasteiger partial charge in [-0.05, 0) is 46.6 Å². The minimum absolute atomic E-state index is 0.0118. The molecule has 3 heteroatoms. The standard InChI is InChI=1S/C11H14BrNS/c12-9-4-7-14-10(9)8-11(13)5-2-1-3-6-11/h1-2,4,7H,3,5-6,8,13H2. The van der Waals surface area contributed by atoms with Crippen molar-refractivity contribution in [3.8, 4) is 0 Å². The van der Waals surface area contributed by atoms with Gasteiger partial charge in [-0.1, -0.05) is 12.2 Å². The zero-order valence-electron chi connectivity index (χ0n) is 8.00. The number of halogens is 1. The first-order chi connectivity index (χ1) is 6.70. The van der Waals surface area contributed by atoms with Crippen LogP contribution in [-0.2, 0) is 6.42 Å². The van der Waals surface area contributed by atoms with Crippen molar-refractivity contribution in [2.24, 2.45) is 5.73 Å². The molecule has 14 heavy (non-hydrogen) atoms. The molecule has 0 fully saturated rings. The second-order valence-corrected chi connectivity index (χ2v) is 5.80. The fraction of sp³-hybridized carbons (Fsp3) is 0.455. The minimum Gasteiger partial charge on any atom is -0.324 e. The van der Waals surface area contributed by atoms with Crippen LogP contribution in [-0.4, -0.2) is 5.54 Å². The zero-order chi connectivity index (χ0) is 10.0. The largest absolute Gasteiger partial charge is 0.324 e. The predicted octanol–water partition coefficient (Wildman–Crippen LogP) is 3.49. The van der Waals surface area contributed by atoms with Crippen LogP contribution in [0.2, 0.25) is 0 Å². The second-order valence-electron chi connectivity index (χ2n) is 3.95. The molecule has 1 heterocycles. The number of rotatable bonds is 2. The van der Waals surface area contributed by atoms with Gasteiger partial charge in [0.1, 0.15) is 0 Å². The Morgan fingerprint density at radius 1 is 1.50 bits per heavy atom. The maximum atomic E-state index is 6.35. The molecule has 0 amide bonds. The van der Waals surface area contributed by atoms with Gasteiger partial charge >= 0.3 is 0 Å². The van der Waals surface area contributed by atoms with Crippen molar-refractivity contribution in [1.82, 2.24) is 0 Å². The van der Waals surface area contributed by atoms with Crippen LogP contribution in [0, 0.1) is 0 Å². The highest BCUT2D eigenvalue weighted by molar-refractivity contribution is 9.10. The first kappa shape index (κ1) is 10.4. The maximum absolute atomic E-state index is 6.35. The Morgan fingerprint density at radius 2 is 2.36 bits per heavy atom. The second kappa shape index (κ2) is 4.17. The first-order valence-corrected chi connectivity index (χ1v) is 6.53. The van der Waals surface area contributed by atoms with Crippen LogP contribution in [0.4, 0.5) is 0 Å². The fourth-order valence-corrected chi connectivity index (χ4v) is 3.49. The molecule has 2 N–H and O–H groups in total. The Hall–Kier alpha value is -0.120. The van der Waals surface area contributed by atoms with Gasteiger partial charge in [-0.25, -0.2) is 0 Å². The van der Waals surface area contributed by atoms with Crippen LogP contribution >= 0.6 is 27.3 Å². The molecule has 0 bridgehead atoms. The summed E-state index contributed by atoms with van der Waals surface area (Å²) in [6.45, 7) is 0. The third-order valence-electron chi connectivity index (χ3n) is 2.70. The summed E-state index contributed by atoms with van der Waals surface area (Å²) in [5, 5.41) is 2.11. The molecule has 0 aliphatic heterocycles. The van der Waals surface area contributed by atoms with Gasteiger partial charge in [-0.2, -0.15) is 0 Å². The van der Waals surface area contributed by atoms with Crippen LogP contribution in [0.3, 0.4) is 0 Å². The van der Waals surface area contributed by atoms with Crippen LogP contribution < -0.4 is 5.73 Å². The Kier molecular flexibility index (Phi) is 3.10. The molecular weight excluding hydrogens is 258 g/mol. The van der Waals surface area contributed by atoms with E-state index in [1.54, 1.807) is 11.3 Å². The Balaban J connectivity index is 2.10. The monoisotopic (exact) mass is 271 g/mol. The van der Waals surface area contributed by atoms with Crippen LogP contribution in [0.1, 0.15) is 24.1 Å². The lowest BCUT2D eigenvalue weighted by atomic mass is 9.83. The molecule has 1 atom stereocenters. The van der Waals surface area contributed by atoms with Crippen molar-refractivity contribution >= 4 is 27.3 Å². The first-order valence-electron chi connectivity index (χ1n) is 4.85. The highest BCUT2D eigenvalue weighted by atomic mass is 79.9. The van der Waals surface area contributed by atoms with Crippen molar-refractivity contribution in [3.63, 3.8) is 0 Å². The summed E-state index contributed by atoms with van der Waals surface area (Å²) >= 11 is 5.34. The Labute approximate surface area is 97.1 Å². The normalized spacial score (nSPS) is 26.7. The van der Waals surface area contributed by atoms with Crippen molar-refractivity contribution in [2.45, 2.75) is 31.2 Å². The highest BCUT2D eigenvalue weighted by Crippen LogP contribution is 2.31. The lowest BCUT2D eigenvalue weighted by Gasteiger charge is -2.30. The topological polar surface area (TPSA) is 26.0 Å². The van der Waals surface area contributed by atoms with Gasteiger partial charge in [0.15, 0.2) is 0 Å². The molecule has 1 aromatic heterocycles. The fourth-order valence-electron chi connectivity index (χ4n) is 1.84. The molecule has 0 radical (unpaired) electrons. The Morgan fingerprint density at radius 3 is 2.93 bits per heavy atom. The van der Waals surface area contributed by atoms with Crippen molar-refractivity contribution < 1.29 is 0 Å². The lowest BCUT2D eigenvalue weighted by Crippen LogP contribution is -2.42. The molecule has 1 nitrogen and oxygen atoms in total. The van der Waals surface area contributed by atoms with E-state index >= 15 is 0 Å². The summed E-state index contributed by atoms with van der Waals surface area (Å²) in [6, 6.07) is 2.10. The average molecular weight is 272 g/mol. The zero-order valence-corrected chi connectivity index (χ0v) is 10.4. The number of hydrogen-bond acceptors (Lipinski definition) is 2. The third-order valence-corrected chi connectivity index (χ3v) is 4.63. The molecule has 0 saturated carbocycles. The number of hydrogen-bond donors (Lipinski definition) is 1. The number of nitrogens with two attached hydrogens (primary N) is 1. The molecule has 76 valence electrons. The van der Waals surface area contributed by atoms with Gasteiger partial charge in [0.2, 0.25) is 0 Å².